The molecule has 26 heavy (non-hydrogen) atoms. The van der Waals surface area contributed by atoms with Gasteiger partial charge in [-0.1, -0.05) is 17.7 Å². The van der Waals surface area contributed by atoms with Crippen molar-refractivity contribution in [3.05, 3.63) is 65.5 Å². The molecule has 0 heterocycles. The summed E-state index contributed by atoms with van der Waals surface area (Å²) in [6.07, 6.45) is -0.172. The van der Waals surface area contributed by atoms with Gasteiger partial charge in [-0.25, -0.2) is 17.5 Å². The molecule has 3 N–H and O–H groups in total. The van der Waals surface area contributed by atoms with Crippen molar-refractivity contribution in [3.8, 4) is 0 Å². The van der Waals surface area contributed by atoms with Gasteiger partial charge in [0, 0.05) is 18.5 Å². The summed E-state index contributed by atoms with van der Waals surface area (Å²) in [5.74, 6) is -1.67. The lowest BCUT2D eigenvalue weighted by molar-refractivity contribution is -0.121. The van der Waals surface area contributed by atoms with E-state index in [9.17, 15) is 22.4 Å². The Morgan fingerprint density at radius 1 is 0.962 bits per heavy atom. The van der Waals surface area contributed by atoms with Crippen molar-refractivity contribution in [2.45, 2.75) is 18.2 Å². The van der Waals surface area contributed by atoms with Crippen molar-refractivity contribution in [2.24, 2.45) is 0 Å². The Balaban J connectivity index is 1.77. The first-order valence-corrected chi connectivity index (χ1v) is 9.17. The first-order chi connectivity index (χ1) is 12.3. The summed E-state index contributed by atoms with van der Waals surface area (Å²) in [5, 5.41) is 0. The normalized spacial score (nSPS) is 11.0. The van der Waals surface area contributed by atoms with Gasteiger partial charge >= 0.3 is 0 Å². The second-order valence-corrected chi connectivity index (χ2v) is 7.24. The lowest BCUT2D eigenvalue weighted by Gasteiger charge is -2.09. The number of hydrogen-bond donors (Lipinski definition) is 3. The van der Waals surface area contributed by atoms with Crippen LogP contribution in [0.15, 0.2) is 53.4 Å². The topological polar surface area (TPSA) is 104 Å². The van der Waals surface area contributed by atoms with Crippen molar-refractivity contribution in [1.29, 1.82) is 0 Å². The maximum Gasteiger partial charge on any atom is 0.269 e. The summed E-state index contributed by atoms with van der Waals surface area (Å²) >= 11 is 0. The highest BCUT2D eigenvalue weighted by atomic mass is 32.2. The zero-order chi connectivity index (χ0) is 19.2. The van der Waals surface area contributed by atoms with E-state index >= 15 is 0 Å². The van der Waals surface area contributed by atoms with Crippen LogP contribution >= 0.6 is 0 Å². The Bertz CT molecular complexity index is 881. The average molecular weight is 379 g/mol. The molecule has 0 atom stereocenters. The van der Waals surface area contributed by atoms with E-state index in [4.69, 9.17) is 0 Å². The van der Waals surface area contributed by atoms with Gasteiger partial charge in [-0.15, -0.1) is 0 Å². The highest BCUT2D eigenvalue weighted by Gasteiger charge is 2.14. The SMILES string of the molecule is Cc1ccc(S(=O)(=O)NCCC(=O)NNC(=O)c2ccc(F)cc2)cc1. The van der Waals surface area contributed by atoms with E-state index in [1.807, 2.05) is 6.92 Å². The third kappa shape index (κ3) is 5.64. The maximum atomic E-state index is 12.8. The second-order valence-electron chi connectivity index (χ2n) is 5.47. The molecule has 138 valence electrons. The van der Waals surface area contributed by atoms with Crippen molar-refractivity contribution >= 4 is 21.8 Å². The quantitative estimate of drug-likeness (QED) is 0.657. The third-order valence-corrected chi connectivity index (χ3v) is 4.87. The van der Waals surface area contributed by atoms with E-state index in [-0.39, 0.29) is 23.4 Å². The van der Waals surface area contributed by atoms with Gasteiger partial charge in [0.25, 0.3) is 5.91 Å². The molecule has 0 aromatic heterocycles. The first kappa shape index (κ1) is 19.5. The zero-order valence-corrected chi connectivity index (χ0v) is 14.8. The standard InChI is InChI=1S/C17H18FN3O4S/c1-12-2-8-15(9-3-12)26(24,25)19-11-10-16(22)20-21-17(23)13-4-6-14(18)7-5-13/h2-9,19H,10-11H2,1H3,(H,20,22)(H,21,23). The summed E-state index contributed by atoms with van der Waals surface area (Å²) in [6, 6.07) is 11.1. The number of hydrogen-bond acceptors (Lipinski definition) is 4. The Kier molecular flexibility index (Phi) is 6.42. The van der Waals surface area contributed by atoms with Crippen LogP contribution in [0.3, 0.4) is 0 Å². The summed E-state index contributed by atoms with van der Waals surface area (Å²) in [6.45, 7) is 1.71. The van der Waals surface area contributed by atoms with Crippen LogP contribution in [-0.4, -0.2) is 26.8 Å². The first-order valence-electron chi connectivity index (χ1n) is 7.69. The molecule has 0 spiro atoms. The molecule has 0 fully saturated rings. The van der Waals surface area contributed by atoms with Crippen LogP contribution in [-0.2, 0) is 14.8 Å². The number of amides is 2. The number of nitrogens with one attached hydrogen (secondary N) is 3. The molecule has 0 radical (unpaired) electrons. The molecule has 0 saturated carbocycles. The fourth-order valence-corrected chi connectivity index (χ4v) is 2.99. The molecular formula is C17H18FN3O4S. The largest absolute Gasteiger partial charge is 0.273 e. The Morgan fingerprint density at radius 2 is 1.58 bits per heavy atom. The fourth-order valence-electron chi connectivity index (χ4n) is 1.96. The van der Waals surface area contributed by atoms with Gasteiger partial charge in [0.05, 0.1) is 4.90 Å². The van der Waals surface area contributed by atoms with E-state index in [2.05, 4.69) is 15.6 Å². The van der Waals surface area contributed by atoms with Crippen molar-refractivity contribution in [2.75, 3.05) is 6.54 Å². The van der Waals surface area contributed by atoms with Gasteiger partial charge < -0.3 is 0 Å². The van der Waals surface area contributed by atoms with Gasteiger partial charge in [0.1, 0.15) is 5.82 Å². The smallest absolute Gasteiger partial charge is 0.269 e. The summed E-state index contributed by atoms with van der Waals surface area (Å²) in [7, 11) is -3.70. The van der Waals surface area contributed by atoms with Crippen LogP contribution in [0.25, 0.3) is 0 Å². The monoisotopic (exact) mass is 379 g/mol. The Morgan fingerprint density at radius 3 is 2.19 bits per heavy atom. The molecule has 2 rings (SSSR count). The highest BCUT2D eigenvalue weighted by molar-refractivity contribution is 7.89. The molecule has 0 unspecified atom stereocenters. The molecule has 2 amide bonds. The molecule has 9 heteroatoms. The minimum absolute atomic E-state index is 0.105. The third-order valence-electron chi connectivity index (χ3n) is 3.40. The number of carbonyl (C=O) groups is 2. The molecular weight excluding hydrogens is 361 g/mol. The Labute approximate surface area is 150 Å². The molecule has 2 aromatic carbocycles. The molecule has 0 bridgehead atoms. The summed E-state index contributed by atoms with van der Waals surface area (Å²) in [5.41, 5.74) is 5.43. The maximum absolute atomic E-state index is 12.8. The lowest BCUT2D eigenvalue weighted by Crippen LogP contribution is -2.42. The number of aryl methyl sites for hydroxylation is 1. The number of rotatable bonds is 6. The predicted octanol–water partition coefficient (Wildman–Crippen LogP) is 1.26. The van der Waals surface area contributed by atoms with Crippen LogP contribution in [0.5, 0.6) is 0 Å². The number of hydrazine groups is 1. The molecule has 2 aromatic rings. The van der Waals surface area contributed by atoms with Crippen LogP contribution in [0, 0.1) is 12.7 Å². The van der Waals surface area contributed by atoms with Gasteiger partial charge in [0.15, 0.2) is 0 Å². The van der Waals surface area contributed by atoms with Crippen molar-refractivity contribution in [3.63, 3.8) is 0 Å². The minimum atomic E-state index is -3.70. The molecule has 0 aliphatic rings. The van der Waals surface area contributed by atoms with Gasteiger partial charge in [-0.3, -0.25) is 20.4 Å². The number of halogens is 1. The highest BCUT2D eigenvalue weighted by Crippen LogP contribution is 2.09. The van der Waals surface area contributed by atoms with E-state index in [1.54, 1.807) is 12.1 Å². The van der Waals surface area contributed by atoms with E-state index in [1.165, 1.54) is 24.3 Å². The number of benzene rings is 2. The van der Waals surface area contributed by atoms with E-state index in [0.717, 1.165) is 17.7 Å². The molecule has 7 nitrogen and oxygen atoms in total. The number of sulfonamides is 1. The van der Waals surface area contributed by atoms with Crippen LogP contribution in [0.4, 0.5) is 4.39 Å². The molecule has 0 aliphatic heterocycles. The summed E-state index contributed by atoms with van der Waals surface area (Å²) in [4.78, 5) is 23.5. The van der Waals surface area contributed by atoms with Crippen LogP contribution in [0.1, 0.15) is 22.3 Å². The predicted molar refractivity (Wildman–Crippen MR) is 93.0 cm³/mol. The average Bonchev–Trinajstić information content (AvgIpc) is 2.60. The van der Waals surface area contributed by atoms with E-state index < -0.39 is 27.7 Å². The van der Waals surface area contributed by atoms with Crippen molar-refractivity contribution < 1.29 is 22.4 Å². The Hall–Kier alpha value is -2.78. The van der Waals surface area contributed by atoms with Gasteiger partial charge in [-0.05, 0) is 43.3 Å². The van der Waals surface area contributed by atoms with Crippen LogP contribution < -0.4 is 15.6 Å². The van der Waals surface area contributed by atoms with Crippen molar-refractivity contribution in [1.82, 2.24) is 15.6 Å². The second kappa shape index (κ2) is 8.54. The summed E-state index contributed by atoms with van der Waals surface area (Å²) < 4.78 is 39.2. The van der Waals surface area contributed by atoms with E-state index in [0.29, 0.717) is 0 Å². The minimum Gasteiger partial charge on any atom is -0.273 e. The molecule has 0 aliphatic carbocycles. The van der Waals surface area contributed by atoms with Crippen LogP contribution in [0.2, 0.25) is 0 Å². The molecule has 0 saturated heterocycles. The van der Waals surface area contributed by atoms with Gasteiger partial charge in [0.2, 0.25) is 15.9 Å². The fraction of sp³-hybridized carbons (Fsp3) is 0.176. The lowest BCUT2D eigenvalue weighted by atomic mass is 10.2. The zero-order valence-electron chi connectivity index (χ0n) is 14.0. The van der Waals surface area contributed by atoms with Gasteiger partial charge in [-0.2, -0.15) is 0 Å². The number of carbonyl (C=O) groups excluding carboxylic acids is 2.